The second kappa shape index (κ2) is 7.49. The van der Waals surface area contributed by atoms with E-state index in [1.807, 2.05) is 45.0 Å². The molecule has 1 amide bonds. The van der Waals surface area contributed by atoms with Gasteiger partial charge >= 0.3 is 5.97 Å². The fourth-order valence-electron chi connectivity index (χ4n) is 2.53. The minimum Gasteiger partial charge on any atom is -0.478 e. The maximum absolute atomic E-state index is 12.8. The summed E-state index contributed by atoms with van der Waals surface area (Å²) < 4.78 is 5.06. The van der Waals surface area contributed by atoms with Gasteiger partial charge in [-0.2, -0.15) is 0 Å². The number of nitrogens with one attached hydrogen (secondary N) is 1. The molecule has 2 N–H and O–H groups in total. The Morgan fingerprint density at radius 2 is 1.76 bits per heavy atom. The van der Waals surface area contributed by atoms with Crippen LogP contribution >= 0.6 is 0 Å². The van der Waals surface area contributed by atoms with Crippen LogP contribution in [0.4, 0.5) is 5.69 Å². The van der Waals surface area contributed by atoms with Gasteiger partial charge in [-0.3, -0.25) is 4.79 Å². The molecule has 0 aliphatic carbocycles. The highest BCUT2D eigenvalue weighted by Gasteiger charge is 2.30. The Bertz CT molecular complexity index is 779. The minimum absolute atomic E-state index is 0.109. The van der Waals surface area contributed by atoms with E-state index < -0.39 is 11.4 Å². The number of ether oxygens (including phenoxy) is 1. The summed E-state index contributed by atoms with van der Waals surface area (Å²) in [6.45, 7) is 5.94. The number of carboxylic acid groups (broad SMARTS) is 1. The Balaban J connectivity index is 2.29. The van der Waals surface area contributed by atoms with E-state index in [0.29, 0.717) is 11.3 Å². The van der Waals surface area contributed by atoms with E-state index in [4.69, 9.17) is 4.74 Å². The van der Waals surface area contributed by atoms with Gasteiger partial charge in [0.15, 0.2) is 0 Å². The molecule has 2 aromatic carbocycles. The second-order valence-corrected chi connectivity index (χ2v) is 6.60. The molecule has 0 fully saturated rings. The van der Waals surface area contributed by atoms with E-state index in [9.17, 15) is 14.7 Å². The maximum Gasteiger partial charge on any atom is 0.335 e. The quantitative estimate of drug-likeness (QED) is 0.839. The largest absolute Gasteiger partial charge is 0.478 e. The molecular weight excluding hydrogens is 318 g/mol. The number of aromatic carboxylic acids is 1. The molecule has 0 spiro atoms. The number of hydrogen-bond donors (Lipinski definition) is 2. The highest BCUT2D eigenvalue weighted by Crippen LogP contribution is 2.26. The molecule has 0 aromatic heterocycles. The first kappa shape index (κ1) is 18.7. The van der Waals surface area contributed by atoms with Crippen LogP contribution in [0.3, 0.4) is 0 Å². The van der Waals surface area contributed by atoms with Gasteiger partial charge in [-0.15, -0.1) is 0 Å². The van der Waals surface area contributed by atoms with Gasteiger partial charge in [-0.1, -0.05) is 29.8 Å². The Morgan fingerprint density at radius 1 is 1.12 bits per heavy atom. The molecular formula is C20H23NO4. The highest BCUT2D eigenvalue weighted by molar-refractivity contribution is 5.99. The fourth-order valence-corrected chi connectivity index (χ4v) is 2.53. The standard InChI is InChI=1S/C20H23NO4/c1-13-5-7-16(8-6-13)20(2,3)19(24)21-17-10-14(12-25-4)9-15(11-17)18(22)23/h5-11H,12H2,1-4H3,(H,21,24)(H,22,23). The van der Waals surface area contributed by atoms with Crippen molar-refractivity contribution in [3.8, 4) is 0 Å². The molecule has 0 aliphatic rings. The van der Waals surface area contributed by atoms with Crippen molar-refractivity contribution in [2.24, 2.45) is 0 Å². The van der Waals surface area contributed by atoms with Crippen LogP contribution < -0.4 is 5.32 Å². The van der Waals surface area contributed by atoms with E-state index in [1.54, 1.807) is 6.07 Å². The summed E-state index contributed by atoms with van der Waals surface area (Å²) in [5, 5.41) is 12.1. The first-order valence-corrected chi connectivity index (χ1v) is 7.99. The van der Waals surface area contributed by atoms with Crippen molar-refractivity contribution in [1.82, 2.24) is 0 Å². The molecule has 0 bridgehead atoms. The van der Waals surface area contributed by atoms with Crippen LogP contribution in [-0.2, 0) is 21.6 Å². The van der Waals surface area contributed by atoms with Crippen LogP contribution in [0, 0.1) is 6.92 Å². The first-order valence-electron chi connectivity index (χ1n) is 7.99. The average Bonchev–Trinajstić information content (AvgIpc) is 2.55. The number of carbonyl (C=O) groups is 2. The van der Waals surface area contributed by atoms with Crippen LogP contribution in [0.2, 0.25) is 0 Å². The number of anilines is 1. The highest BCUT2D eigenvalue weighted by atomic mass is 16.5. The number of methoxy groups -OCH3 is 1. The molecule has 0 saturated heterocycles. The van der Waals surface area contributed by atoms with Crippen molar-refractivity contribution in [2.45, 2.75) is 32.8 Å². The van der Waals surface area contributed by atoms with Crippen molar-refractivity contribution < 1.29 is 19.4 Å². The predicted octanol–water partition coefficient (Wildman–Crippen LogP) is 3.76. The zero-order chi connectivity index (χ0) is 18.6. The average molecular weight is 341 g/mol. The fraction of sp³-hybridized carbons (Fsp3) is 0.300. The summed E-state index contributed by atoms with van der Waals surface area (Å²) in [5.41, 5.74) is 2.50. The minimum atomic E-state index is -1.05. The van der Waals surface area contributed by atoms with Gasteiger partial charge < -0.3 is 15.2 Å². The first-order chi connectivity index (χ1) is 11.7. The van der Waals surface area contributed by atoms with Crippen LogP contribution in [0.1, 0.15) is 40.9 Å². The van der Waals surface area contributed by atoms with Gasteiger partial charge in [0.25, 0.3) is 0 Å². The SMILES string of the molecule is COCc1cc(NC(=O)C(C)(C)c2ccc(C)cc2)cc(C(=O)O)c1. The molecule has 0 heterocycles. The zero-order valence-electron chi connectivity index (χ0n) is 14.9. The molecule has 132 valence electrons. The maximum atomic E-state index is 12.8. The lowest BCUT2D eigenvalue weighted by Crippen LogP contribution is -2.34. The number of rotatable bonds is 6. The predicted molar refractivity (Wildman–Crippen MR) is 96.9 cm³/mol. The second-order valence-electron chi connectivity index (χ2n) is 6.60. The lowest BCUT2D eigenvalue weighted by molar-refractivity contribution is -0.120. The lowest BCUT2D eigenvalue weighted by atomic mass is 9.83. The van der Waals surface area contributed by atoms with Crippen molar-refractivity contribution in [3.63, 3.8) is 0 Å². The van der Waals surface area contributed by atoms with Gasteiger partial charge in [0.05, 0.1) is 17.6 Å². The van der Waals surface area contributed by atoms with Crippen LogP contribution in [-0.4, -0.2) is 24.1 Å². The van der Waals surface area contributed by atoms with Crippen molar-refractivity contribution >= 4 is 17.6 Å². The molecule has 5 heteroatoms. The molecule has 25 heavy (non-hydrogen) atoms. The van der Waals surface area contributed by atoms with Crippen molar-refractivity contribution in [2.75, 3.05) is 12.4 Å². The molecule has 2 rings (SSSR count). The Hall–Kier alpha value is -2.66. The third kappa shape index (κ3) is 4.45. The Kier molecular flexibility index (Phi) is 5.59. The van der Waals surface area contributed by atoms with Gasteiger partial charge in [0.1, 0.15) is 0 Å². The molecule has 5 nitrogen and oxygen atoms in total. The topological polar surface area (TPSA) is 75.6 Å². The van der Waals surface area contributed by atoms with Gasteiger partial charge in [-0.25, -0.2) is 4.79 Å². The molecule has 0 aliphatic heterocycles. The summed E-state index contributed by atoms with van der Waals surface area (Å²) >= 11 is 0. The Morgan fingerprint density at radius 3 is 2.32 bits per heavy atom. The van der Waals surface area contributed by atoms with Crippen molar-refractivity contribution in [3.05, 3.63) is 64.7 Å². The van der Waals surface area contributed by atoms with Crippen LogP contribution in [0.15, 0.2) is 42.5 Å². The summed E-state index contributed by atoms with van der Waals surface area (Å²) in [5.74, 6) is -1.26. The van der Waals surface area contributed by atoms with Gasteiger partial charge in [0, 0.05) is 12.8 Å². The number of benzene rings is 2. The number of carboxylic acids is 1. The summed E-state index contributed by atoms with van der Waals surface area (Å²) in [7, 11) is 1.53. The van der Waals surface area contributed by atoms with E-state index >= 15 is 0 Å². The van der Waals surface area contributed by atoms with Crippen molar-refractivity contribution in [1.29, 1.82) is 0 Å². The van der Waals surface area contributed by atoms with Gasteiger partial charge in [-0.05, 0) is 50.1 Å². The normalized spacial score (nSPS) is 11.2. The third-order valence-corrected chi connectivity index (χ3v) is 4.15. The molecule has 0 unspecified atom stereocenters. The van der Waals surface area contributed by atoms with Crippen LogP contribution in [0.25, 0.3) is 0 Å². The monoisotopic (exact) mass is 341 g/mol. The summed E-state index contributed by atoms with van der Waals surface area (Å²) in [6.07, 6.45) is 0. The number of hydrogen-bond acceptors (Lipinski definition) is 3. The van der Waals surface area contributed by atoms with E-state index in [-0.39, 0.29) is 18.1 Å². The smallest absolute Gasteiger partial charge is 0.335 e. The molecule has 0 atom stereocenters. The molecule has 0 radical (unpaired) electrons. The summed E-state index contributed by atoms with van der Waals surface area (Å²) in [4.78, 5) is 24.1. The van der Waals surface area contributed by atoms with E-state index in [2.05, 4.69) is 5.32 Å². The van der Waals surface area contributed by atoms with Gasteiger partial charge in [0.2, 0.25) is 5.91 Å². The van der Waals surface area contributed by atoms with E-state index in [0.717, 1.165) is 11.1 Å². The molecule has 2 aromatic rings. The summed E-state index contributed by atoms with van der Waals surface area (Å²) in [6, 6.07) is 12.5. The van der Waals surface area contributed by atoms with E-state index in [1.165, 1.54) is 19.2 Å². The number of carbonyl (C=O) groups excluding carboxylic acids is 1. The Labute approximate surface area is 147 Å². The lowest BCUT2D eigenvalue weighted by Gasteiger charge is -2.24. The number of aryl methyl sites for hydroxylation is 1. The molecule has 0 saturated carbocycles. The third-order valence-electron chi connectivity index (χ3n) is 4.15. The zero-order valence-corrected chi connectivity index (χ0v) is 14.9. The number of amides is 1. The van der Waals surface area contributed by atoms with Crippen LogP contribution in [0.5, 0.6) is 0 Å².